The summed E-state index contributed by atoms with van der Waals surface area (Å²) in [7, 11) is 0. The summed E-state index contributed by atoms with van der Waals surface area (Å²) in [5.74, 6) is 0.990. The molecule has 0 saturated carbocycles. The lowest BCUT2D eigenvalue weighted by atomic mass is 10.0. The first-order valence-corrected chi connectivity index (χ1v) is 5.43. The second kappa shape index (κ2) is 4.05. The summed E-state index contributed by atoms with van der Waals surface area (Å²) < 4.78 is 0. The molecule has 0 atom stereocenters. The number of hydrogen-bond donors (Lipinski definition) is 1. The van der Waals surface area contributed by atoms with Crippen LogP contribution in [0.15, 0.2) is 0 Å². The van der Waals surface area contributed by atoms with Gasteiger partial charge in [0, 0.05) is 18.7 Å². The first-order chi connectivity index (χ1) is 6.85. The molecule has 2 rings (SSSR count). The molecule has 0 aliphatic carbocycles. The number of aryl methyl sites for hydroxylation is 2. The van der Waals surface area contributed by atoms with Gasteiger partial charge in [0.05, 0.1) is 5.69 Å². The molecule has 76 valence electrons. The van der Waals surface area contributed by atoms with E-state index in [-0.39, 0.29) is 0 Å². The van der Waals surface area contributed by atoms with Crippen LogP contribution >= 0.6 is 0 Å². The molecule has 1 aliphatic rings. The summed E-state index contributed by atoms with van der Waals surface area (Å²) in [5.41, 5.74) is 3.87. The largest absolute Gasteiger partial charge is 0.311 e. The molecule has 0 bridgehead atoms. The third-order valence-electron chi connectivity index (χ3n) is 2.72. The van der Waals surface area contributed by atoms with E-state index >= 15 is 0 Å². The van der Waals surface area contributed by atoms with E-state index in [2.05, 4.69) is 29.1 Å². The van der Waals surface area contributed by atoms with Gasteiger partial charge in [0.15, 0.2) is 0 Å². The topological polar surface area (TPSA) is 37.8 Å². The van der Waals surface area contributed by atoms with Gasteiger partial charge >= 0.3 is 0 Å². The van der Waals surface area contributed by atoms with Crippen molar-refractivity contribution in [3.63, 3.8) is 0 Å². The second-order valence-corrected chi connectivity index (χ2v) is 3.65. The number of fused-ring (bicyclic) bond motifs is 1. The average Bonchev–Trinajstić information content (AvgIpc) is 2.27. The number of nitrogens with zero attached hydrogens (tertiary/aromatic N) is 2. The van der Waals surface area contributed by atoms with Crippen LogP contribution in [-0.2, 0) is 25.8 Å². The molecule has 1 aromatic rings. The molecule has 0 spiro atoms. The third-order valence-corrected chi connectivity index (χ3v) is 2.72. The maximum Gasteiger partial charge on any atom is 0.128 e. The molecule has 1 aromatic heterocycles. The molecule has 2 heterocycles. The minimum absolute atomic E-state index is 0.915. The molecule has 0 saturated heterocycles. The van der Waals surface area contributed by atoms with E-state index < -0.39 is 0 Å². The van der Waals surface area contributed by atoms with Gasteiger partial charge in [0.1, 0.15) is 5.82 Å². The number of nitrogens with one attached hydrogen (secondary N) is 1. The highest BCUT2D eigenvalue weighted by Gasteiger charge is 2.15. The van der Waals surface area contributed by atoms with Crippen molar-refractivity contribution < 1.29 is 0 Å². The van der Waals surface area contributed by atoms with Crippen LogP contribution in [0.2, 0.25) is 0 Å². The maximum absolute atomic E-state index is 4.58. The Morgan fingerprint density at radius 3 is 2.79 bits per heavy atom. The molecule has 3 nitrogen and oxygen atoms in total. The van der Waals surface area contributed by atoms with Crippen LogP contribution < -0.4 is 5.32 Å². The normalized spacial score (nSPS) is 15.3. The summed E-state index contributed by atoms with van der Waals surface area (Å²) >= 11 is 0. The zero-order valence-electron chi connectivity index (χ0n) is 8.93. The Balaban J connectivity index is 2.47. The predicted molar refractivity (Wildman–Crippen MR) is 56.2 cm³/mol. The maximum atomic E-state index is 4.58. The quantitative estimate of drug-likeness (QED) is 0.764. The first-order valence-electron chi connectivity index (χ1n) is 5.43. The second-order valence-electron chi connectivity index (χ2n) is 3.65. The summed E-state index contributed by atoms with van der Waals surface area (Å²) in [6, 6.07) is 0. The van der Waals surface area contributed by atoms with Crippen LogP contribution in [0.3, 0.4) is 0 Å². The molecule has 0 amide bonds. The molecular weight excluding hydrogens is 174 g/mol. The Kier molecular flexibility index (Phi) is 2.77. The van der Waals surface area contributed by atoms with Gasteiger partial charge in [-0.2, -0.15) is 0 Å². The van der Waals surface area contributed by atoms with Gasteiger partial charge < -0.3 is 5.32 Å². The summed E-state index contributed by atoms with van der Waals surface area (Å²) in [6.45, 7) is 6.26. The fourth-order valence-electron chi connectivity index (χ4n) is 1.94. The van der Waals surface area contributed by atoms with Gasteiger partial charge in [-0.05, 0) is 24.9 Å². The van der Waals surface area contributed by atoms with Crippen molar-refractivity contribution in [2.45, 2.75) is 39.7 Å². The van der Waals surface area contributed by atoms with Crippen LogP contribution in [0.5, 0.6) is 0 Å². The fraction of sp³-hybridized carbons (Fsp3) is 0.636. The lowest BCUT2D eigenvalue weighted by Gasteiger charge is -2.19. The molecule has 0 aromatic carbocycles. The lowest BCUT2D eigenvalue weighted by molar-refractivity contribution is 0.609. The minimum atomic E-state index is 0.915. The molecule has 0 unspecified atom stereocenters. The zero-order chi connectivity index (χ0) is 9.97. The van der Waals surface area contributed by atoms with Crippen molar-refractivity contribution in [1.29, 1.82) is 0 Å². The van der Waals surface area contributed by atoms with Crippen molar-refractivity contribution in [3.05, 3.63) is 22.8 Å². The number of rotatable bonds is 2. The predicted octanol–water partition coefficient (Wildman–Crippen LogP) is 1.25. The molecule has 1 N–H and O–H groups in total. The van der Waals surface area contributed by atoms with Gasteiger partial charge in [-0.1, -0.05) is 13.8 Å². The number of aromatic nitrogens is 2. The standard InChI is InChI=1S/C11H17N3/c1-3-9-8-5-6-12-7-10(8)14-11(4-2)13-9/h12H,3-7H2,1-2H3. The molecular formula is C11H17N3. The third kappa shape index (κ3) is 1.64. The van der Waals surface area contributed by atoms with E-state index in [1.54, 1.807) is 0 Å². The van der Waals surface area contributed by atoms with E-state index in [0.717, 1.165) is 38.2 Å². The van der Waals surface area contributed by atoms with Gasteiger partial charge in [-0.25, -0.2) is 9.97 Å². The van der Waals surface area contributed by atoms with Gasteiger partial charge in [0.25, 0.3) is 0 Å². The molecule has 3 heteroatoms. The van der Waals surface area contributed by atoms with Crippen LogP contribution in [-0.4, -0.2) is 16.5 Å². The van der Waals surface area contributed by atoms with Crippen LogP contribution in [0.4, 0.5) is 0 Å². The van der Waals surface area contributed by atoms with E-state index in [1.807, 2.05) is 0 Å². The first kappa shape index (κ1) is 9.59. The molecule has 0 fully saturated rings. The fourth-order valence-corrected chi connectivity index (χ4v) is 1.94. The van der Waals surface area contributed by atoms with Gasteiger partial charge in [-0.15, -0.1) is 0 Å². The van der Waals surface area contributed by atoms with Crippen molar-refractivity contribution in [2.75, 3.05) is 6.54 Å². The van der Waals surface area contributed by atoms with E-state index in [1.165, 1.54) is 17.0 Å². The van der Waals surface area contributed by atoms with Crippen molar-refractivity contribution >= 4 is 0 Å². The van der Waals surface area contributed by atoms with Crippen LogP contribution in [0.25, 0.3) is 0 Å². The molecule has 14 heavy (non-hydrogen) atoms. The van der Waals surface area contributed by atoms with Gasteiger partial charge in [-0.3, -0.25) is 0 Å². The molecule has 0 radical (unpaired) electrons. The smallest absolute Gasteiger partial charge is 0.128 e. The van der Waals surface area contributed by atoms with Crippen molar-refractivity contribution in [3.8, 4) is 0 Å². The Bertz CT molecular complexity index is 316. The number of hydrogen-bond acceptors (Lipinski definition) is 3. The highest BCUT2D eigenvalue weighted by Crippen LogP contribution is 2.16. The summed E-state index contributed by atoms with van der Waals surface area (Å²) in [4.78, 5) is 9.15. The molecule has 1 aliphatic heterocycles. The highest BCUT2D eigenvalue weighted by atomic mass is 15.0. The van der Waals surface area contributed by atoms with Gasteiger partial charge in [0.2, 0.25) is 0 Å². The van der Waals surface area contributed by atoms with Crippen LogP contribution in [0, 0.1) is 0 Å². The summed E-state index contributed by atoms with van der Waals surface area (Å²) in [6.07, 6.45) is 3.04. The van der Waals surface area contributed by atoms with E-state index in [4.69, 9.17) is 0 Å². The average molecular weight is 191 g/mol. The highest BCUT2D eigenvalue weighted by molar-refractivity contribution is 5.28. The minimum Gasteiger partial charge on any atom is -0.311 e. The Labute approximate surface area is 85.0 Å². The van der Waals surface area contributed by atoms with Crippen molar-refractivity contribution in [2.24, 2.45) is 0 Å². The van der Waals surface area contributed by atoms with E-state index in [9.17, 15) is 0 Å². The summed E-state index contributed by atoms with van der Waals surface area (Å²) in [5, 5.41) is 3.35. The zero-order valence-corrected chi connectivity index (χ0v) is 8.93. The Hall–Kier alpha value is -0.960. The Morgan fingerprint density at radius 2 is 2.07 bits per heavy atom. The SMILES string of the molecule is CCc1nc(CC)c2c(n1)CNCC2. The van der Waals surface area contributed by atoms with Crippen molar-refractivity contribution in [1.82, 2.24) is 15.3 Å². The Morgan fingerprint density at radius 1 is 1.21 bits per heavy atom. The van der Waals surface area contributed by atoms with E-state index in [0.29, 0.717) is 0 Å². The lowest BCUT2D eigenvalue weighted by Crippen LogP contribution is -2.27. The van der Waals surface area contributed by atoms with Crippen LogP contribution in [0.1, 0.15) is 36.6 Å². The monoisotopic (exact) mass is 191 g/mol.